The fraction of sp³-hybridized carbons (Fsp3) is 0.350. The average Bonchev–Trinajstić information content (AvgIpc) is 3.01. The van der Waals surface area contributed by atoms with Crippen LogP contribution in [0.25, 0.3) is 0 Å². The van der Waals surface area contributed by atoms with E-state index in [-0.39, 0.29) is 11.6 Å². The Balaban J connectivity index is 2.25. The molecule has 0 bridgehead atoms. The Labute approximate surface area is 174 Å². The molecule has 0 amide bonds. The minimum absolute atomic E-state index is 0.0170. The number of aryl methyl sites for hydroxylation is 1. The van der Waals surface area contributed by atoms with Crippen LogP contribution in [0.4, 0.5) is 5.00 Å². The van der Waals surface area contributed by atoms with E-state index in [1.54, 1.807) is 6.92 Å². The summed E-state index contributed by atoms with van der Waals surface area (Å²) in [5.41, 5.74) is 3.08. The first kappa shape index (κ1) is 21.8. The van der Waals surface area contributed by atoms with Crippen molar-refractivity contribution < 1.29 is 19.1 Å². The van der Waals surface area contributed by atoms with Gasteiger partial charge < -0.3 is 20.1 Å². The maximum Gasteiger partial charge on any atom is 0.348 e. The second-order valence-electron chi connectivity index (χ2n) is 6.21. The summed E-state index contributed by atoms with van der Waals surface area (Å²) in [5, 5.41) is 7.11. The minimum Gasteiger partial charge on any atom is -0.465 e. The lowest BCUT2D eigenvalue weighted by atomic mass is 10.0. The quantitative estimate of drug-likeness (QED) is 0.531. The largest absolute Gasteiger partial charge is 0.465 e. The Morgan fingerprint density at radius 2 is 1.71 bits per heavy atom. The van der Waals surface area contributed by atoms with Crippen LogP contribution in [-0.4, -0.2) is 31.3 Å². The van der Waals surface area contributed by atoms with Crippen molar-refractivity contribution in [2.45, 2.75) is 33.2 Å². The van der Waals surface area contributed by atoms with Crippen molar-refractivity contribution in [3.8, 4) is 0 Å². The number of carbonyl (C=O) groups excluding carboxylic acids is 2. The Bertz CT molecular complexity index is 875. The van der Waals surface area contributed by atoms with Gasteiger partial charge in [-0.1, -0.05) is 36.8 Å². The fourth-order valence-corrected chi connectivity index (χ4v) is 4.18. The molecule has 0 aliphatic carbocycles. The molecule has 0 aliphatic rings. The van der Waals surface area contributed by atoms with E-state index in [2.05, 4.69) is 41.8 Å². The number of anilines is 1. The van der Waals surface area contributed by atoms with Gasteiger partial charge in [-0.15, -0.1) is 11.3 Å². The van der Waals surface area contributed by atoms with Gasteiger partial charge in [0.25, 0.3) is 0 Å². The molecular weight excluding hydrogens is 396 g/mol. The SMILES string of the molecule is CCC(NC(=S)Nc1sc(C(=O)OC)c(C)c1C(=O)OC)c1ccc(C)cc1. The first-order chi connectivity index (χ1) is 13.3. The number of hydrogen-bond donors (Lipinski definition) is 2. The van der Waals surface area contributed by atoms with Crippen LogP contribution in [0.5, 0.6) is 0 Å². The van der Waals surface area contributed by atoms with Crippen molar-refractivity contribution in [2.75, 3.05) is 19.5 Å². The van der Waals surface area contributed by atoms with Gasteiger partial charge in [0, 0.05) is 0 Å². The number of ether oxygens (including phenoxy) is 2. The van der Waals surface area contributed by atoms with Crippen LogP contribution in [0.1, 0.15) is 56.1 Å². The molecule has 6 nitrogen and oxygen atoms in total. The molecule has 1 aromatic heterocycles. The monoisotopic (exact) mass is 420 g/mol. The Morgan fingerprint density at radius 3 is 2.25 bits per heavy atom. The molecule has 0 radical (unpaired) electrons. The van der Waals surface area contributed by atoms with Crippen molar-refractivity contribution in [3.63, 3.8) is 0 Å². The number of nitrogens with one attached hydrogen (secondary N) is 2. The zero-order valence-electron chi connectivity index (χ0n) is 16.5. The highest BCUT2D eigenvalue weighted by Crippen LogP contribution is 2.34. The Hall–Kier alpha value is -2.45. The molecule has 28 heavy (non-hydrogen) atoms. The molecule has 1 aromatic carbocycles. The predicted octanol–water partition coefficient (Wildman–Crippen LogP) is 4.38. The zero-order valence-corrected chi connectivity index (χ0v) is 18.2. The number of benzene rings is 1. The molecule has 1 atom stereocenters. The van der Waals surface area contributed by atoms with Crippen molar-refractivity contribution in [1.29, 1.82) is 0 Å². The van der Waals surface area contributed by atoms with Gasteiger partial charge in [0.05, 0.1) is 25.8 Å². The highest BCUT2D eigenvalue weighted by Gasteiger charge is 2.26. The number of hydrogen-bond acceptors (Lipinski definition) is 6. The summed E-state index contributed by atoms with van der Waals surface area (Å²) in [6.45, 7) is 5.78. The fourth-order valence-electron chi connectivity index (χ4n) is 2.75. The molecule has 0 spiro atoms. The van der Waals surface area contributed by atoms with E-state index in [4.69, 9.17) is 21.7 Å². The van der Waals surface area contributed by atoms with Gasteiger partial charge in [0.1, 0.15) is 9.88 Å². The van der Waals surface area contributed by atoms with Crippen LogP contribution in [0.15, 0.2) is 24.3 Å². The molecule has 0 aliphatic heterocycles. The third-order valence-corrected chi connectivity index (χ3v) is 5.73. The van der Waals surface area contributed by atoms with E-state index in [1.165, 1.54) is 19.8 Å². The second kappa shape index (κ2) is 9.66. The van der Waals surface area contributed by atoms with Gasteiger partial charge in [0.15, 0.2) is 5.11 Å². The second-order valence-corrected chi connectivity index (χ2v) is 7.64. The van der Waals surface area contributed by atoms with E-state index in [1.807, 2.05) is 6.92 Å². The number of rotatable bonds is 6. The molecule has 2 aromatic rings. The molecule has 0 saturated carbocycles. The van der Waals surface area contributed by atoms with Crippen LogP contribution in [0, 0.1) is 13.8 Å². The molecule has 2 N–H and O–H groups in total. The van der Waals surface area contributed by atoms with E-state index >= 15 is 0 Å². The lowest BCUT2D eigenvalue weighted by Gasteiger charge is -2.20. The number of esters is 2. The van der Waals surface area contributed by atoms with Crippen LogP contribution in [0.2, 0.25) is 0 Å². The van der Waals surface area contributed by atoms with E-state index in [9.17, 15) is 9.59 Å². The lowest BCUT2D eigenvalue weighted by Crippen LogP contribution is -2.32. The highest BCUT2D eigenvalue weighted by molar-refractivity contribution is 7.80. The normalized spacial score (nSPS) is 11.5. The molecule has 0 saturated heterocycles. The molecule has 150 valence electrons. The highest BCUT2D eigenvalue weighted by atomic mass is 32.1. The maximum atomic E-state index is 12.2. The van der Waals surface area contributed by atoms with Crippen LogP contribution in [0.3, 0.4) is 0 Å². The third-order valence-electron chi connectivity index (χ3n) is 4.33. The minimum atomic E-state index is -0.542. The van der Waals surface area contributed by atoms with Gasteiger partial charge in [-0.2, -0.15) is 0 Å². The van der Waals surface area contributed by atoms with Crippen molar-refractivity contribution >= 4 is 45.6 Å². The number of thiocarbonyl (C=S) groups is 1. The number of thiophene rings is 1. The van der Waals surface area contributed by atoms with Crippen molar-refractivity contribution in [2.24, 2.45) is 0 Å². The maximum absolute atomic E-state index is 12.2. The molecular formula is C20H24N2O4S2. The molecule has 0 fully saturated rings. The van der Waals surface area contributed by atoms with Gasteiger partial charge in [-0.3, -0.25) is 0 Å². The molecule has 1 unspecified atom stereocenters. The summed E-state index contributed by atoms with van der Waals surface area (Å²) >= 11 is 6.56. The van der Waals surface area contributed by atoms with Crippen LogP contribution < -0.4 is 10.6 Å². The van der Waals surface area contributed by atoms with E-state index in [0.717, 1.165) is 23.3 Å². The number of carbonyl (C=O) groups is 2. The van der Waals surface area contributed by atoms with Crippen LogP contribution in [-0.2, 0) is 9.47 Å². The summed E-state index contributed by atoms with van der Waals surface area (Å²) in [7, 11) is 2.59. The standard InChI is InChI=1S/C20H24N2O4S2/c1-6-14(13-9-7-11(2)8-10-13)21-20(27)22-17-15(18(23)25-4)12(3)16(28-17)19(24)26-5/h7-10,14H,6H2,1-5H3,(H2,21,22,27). The third kappa shape index (κ3) is 4.88. The summed E-state index contributed by atoms with van der Waals surface area (Å²) in [5.74, 6) is -1.05. The molecule has 8 heteroatoms. The van der Waals surface area contributed by atoms with Gasteiger partial charge in [-0.05, 0) is 43.6 Å². The molecule has 2 rings (SSSR count). The van der Waals surface area contributed by atoms with Gasteiger partial charge >= 0.3 is 11.9 Å². The van der Waals surface area contributed by atoms with Crippen LogP contribution >= 0.6 is 23.6 Å². The smallest absolute Gasteiger partial charge is 0.348 e. The van der Waals surface area contributed by atoms with Crippen molar-refractivity contribution in [1.82, 2.24) is 5.32 Å². The topological polar surface area (TPSA) is 76.7 Å². The zero-order chi connectivity index (χ0) is 20.8. The Kier molecular flexibility index (Phi) is 7.53. The summed E-state index contributed by atoms with van der Waals surface area (Å²) in [6.07, 6.45) is 0.825. The summed E-state index contributed by atoms with van der Waals surface area (Å²) in [6, 6.07) is 8.24. The Morgan fingerprint density at radius 1 is 1.11 bits per heavy atom. The molecule has 1 heterocycles. The first-order valence-corrected chi connectivity index (χ1v) is 9.98. The average molecular weight is 421 g/mol. The number of methoxy groups -OCH3 is 2. The van der Waals surface area contributed by atoms with Crippen molar-refractivity contribution in [3.05, 3.63) is 51.4 Å². The lowest BCUT2D eigenvalue weighted by molar-refractivity contribution is 0.0601. The van der Waals surface area contributed by atoms with E-state index < -0.39 is 11.9 Å². The van der Waals surface area contributed by atoms with E-state index in [0.29, 0.717) is 20.6 Å². The first-order valence-electron chi connectivity index (χ1n) is 8.76. The summed E-state index contributed by atoms with van der Waals surface area (Å²) < 4.78 is 9.66. The summed E-state index contributed by atoms with van der Waals surface area (Å²) in [4.78, 5) is 24.5. The van der Waals surface area contributed by atoms with Gasteiger partial charge in [0.2, 0.25) is 0 Å². The predicted molar refractivity (Wildman–Crippen MR) is 115 cm³/mol. The van der Waals surface area contributed by atoms with Gasteiger partial charge in [-0.25, -0.2) is 9.59 Å².